The van der Waals surface area contributed by atoms with Gasteiger partial charge in [-0.2, -0.15) is 0 Å². The highest BCUT2D eigenvalue weighted by Crippen LogP contribution is 2.26. The number of amides is 1. The number of carbonyl (C=O) groups is 1. The predicted molar refractivity (Wildman–Crippen MR) is 133 cm³/mol. The van der Waals surface area contributed by atoms with Crippen molar-refractivity contribution >= 4 is 22.6 Å². The summed E-state index contributed by atoms with van der Waals surface area (Å²) >= 11 is 0. The summed E-state index contributed by atoms with van der Waals surface area (Å²) in [6.45, 7) is 3.67. The molecule has 0 saturated carbocycles. The first-order chi connectivity index (χ1) is 17.1. The minimum Gasteiger partial charge on any atom is -0.324 e. The Hall–Kier alpha value is -3.75. The minimum atomic E-state index is -0.519. The smallest absolute Gasteiger partial charge is 0.324 e. The summed E-state index contributed by atoms with van der Waals surface area (Å²) in [6.07, 6.45) is 5.04. The molecule has 0 radical (unpaired) electrons. The van der Waals surface area contributed by atoms with Crippen molar-refractivity contribution in [2.75, 3.05) is 5.32 Å². The Balaban J connectivity index is 1.34. The number of anilines is 1. The summed E-state index contributed by atoms with van der Waals surface area (Å²) in [7, 11) is 0. The molecule has 4 aromatic rings. The largest absolute Gasteiger partial charge is 0.329 e. The first-order valence-corrected chi connectivity index (χ1v) is 12.3. The van der Waals surface area contributed by atoms with E-state index in [2.05, 4.69) is 20.1 Å². The standard InChI is InChI=1S/C26H29FN6O2/c1-2-14-31-21-8-5-6-9-22(21)32(26(31)35)16-13-24(34)28-20-17-18(11-12-19(20)27)25-30-29-23-10-4-3-7-15-33(23)25/h5-6,8-9,11-12,17H,2-4,7,10,13-16H2,1H3,(H,28,34). The molecule has 2 aromatic carbocycles. The van der Waals surface area contributed by atoms with Gasteiger partial charge in [-0.05, 0) is 49.6 Å². The Morgan fingerprint density at radius 2 is 1.80 bits per heavy atom. The molecule has 0 bridgehead atoms. The maximum absolute atomic E-state index is 14.6. The maximum Gasteiger partial charge on any atom is 0.329 e. The number of hydrogen-bond acceptors (Lipinski definition) is 4. The Bertz CT molecular complexity index is 1430. The molecule has 0 saturated heterocycles. The summed E-state index contributed by atoms with van der Waals surface area (Å²) < 4.78 is 20.0. The number of carbonyl (C=O) groups excluding carboxylic acids is 1. The summed E-state index contributed by atoms with van der Waals surface area (Å²) in [4.78, 5) is 25.7. The third-order valence-electron chi connectivity index (χ3n) is 6.54. The van der Waals surface area contributed by atoms with E-state index in [0.29, 0.717) is 17.9 Å². The molecular weight excluding hydrogens is 447 g/mol. The monoisotopic (exact) mass is 476 g/mol. The number of nitrogens with zero attached hydrogens (tertiary/aromatic N) is 5. The molecule has 0 atom stereocenters. The lowest BCUT2D eigenvalue weighted by atomic mass is 10.1. The van der Waals surface area contributed by atoms with Gasteiger partial charge in [0.2, 0.25) is 5.91 Å². The summed E-state index contributed by atoms with van der Waals surface area (Å²) in [5.41, 5.74) is 2.31. The van der Waals surface area contributed by atoms with Gasteiger partial charge in [0.15, 0.2) is 5.82 Å². The Labute approximate surface area is 202 Å². The topological polar surface area (TPSA) is 86.7 Å². The molecule has 1 aliphatic rings. The minimum absolute atomic E-state index is 0.0457. The summed E-state index contributed by atoms with van der Waals surface area (Å²) in [6, 6.07) is 12.2. The fourth-order valence-corrected chi connectivity index (χ4v) is 4.81. The molecule has 3 heterocycles. The maximum atomic E-state index is 14.6. The first kappa shape index (κ1) is 23.0. The number of benzene rings is 2. The third-order valence-corrected chi connectivity index (χ3v) is 6.54. The summed E-state index contributed by atoms with van der Waals surface area (Å²) in [5, 5.41) is 11.3. The first-order valence-electron chi connectivity index (χ1n) is 12.3. The van der Waals surface area contributed by atoms with E-state index in [9.17, 15) is 14.0 Å². The van der Waals surface area contributed by atoms with Gasteiger partial charge in [0.05, 0.1) is 16.7 Å². The van der Waals surface area contributed by atoms with E-state index < -0.39 is 5.82 Å². The number of halogens is 1. The van der Waals surface area contributed by atoms with Gasteiger partial charge in [0.1, 0.15) is 11.6 Å². The molecule has 35 heavy (non-hydrogen) atoms. The third kappa shape index (κ3) is 4.50. The molecule has 182 valence electrons. The van der Waals surface area contributed by atoms with E-state index in [0.717, 1.165) is 55.5 Å². The van der Waals surface area contributed by atoms with Crippen LogP contribution in [0.5, 0.6) is 0 Å². The van der Waals surface area contributed by atoms with Crippen LogP contribution in [0.2, 0.25) is 0 Å². The zero-order chi connectivity index (χ0) is 24.4. The molecule has 9 heteroatoms. The Kier molecular flexibility index (Phi) is 6.48. The normalized spacial score (nSPS) is 13.5. The average molecular weight is 477 g/mol. The van der Waals surface area contributed by atoms with Crippen LogP contribution in [0.15, 0.2) is 47.3 Å². The van der Waals surface area contributed by atoms with E-state index in [1.54, 1.807) is 21.3 Å². The number of rotatable bonds is 7. The molecular formula is C26H29FN6O2. The molecule has 0 fully saturated rings. The van der Waals surface area contributed by atoms with Gasteiger partial charge in [0, 0.05) is 38.0 Å². The fourth-order valence-electron chi connectivity index (χ4n) is 4.81. The second-order valence-corrected chi connectivity index (χ2v) is 8.97. The second kappa shape index (κ2) is 9.85. The SMILES string of the molecule is CCCn1c(=O)n(CCC(=O)Nc2cc(-c3nnc4n3CCCCC4)ccc2F)c2ccccc21. The molecule has 0 aliphatic carbocycles. The highest BCUT2D eigenvalue weighted by atomic mass is 19.1. The molecule has 0 unspecified atom stereocenters. The van der Waals surface area contributed by atoms with Gasteiger partial charge in [-0.1, -0.05) is 25.5 Å². The quantitative estimate of drug-likeness (QED) is 0.429. The zero-order valence-electron chi connectivity index (χ0n) is 19.8. The number of nitrogens with one attached hydrogen (secondary N) is 1. The van der Waals surface area contributed by atoms with E-state index in [-0.39, 0.29) is 30.2 Å². The van der Waals surface area contributed by atoms with E-state index in [4.69, 9.17) is 0 Å². The van der Waals surface area contributed by atoms with Crippen molar-refractivity contribution in [3.05, 3.63) is 64.6 Å². The molecule has 5 rings (SSSR count). The molecule has 1 N–H and O–H groups in total. The van der Waals surface area contributed by atoms with Gasteiger partial charge < -0.3 is 9.88 Å². The Morgan fingerprint density at radius 3 is 2.57 bits per heavy atom. The van der Waals surface area contributed by atoms with Gasteiger partial charge in [-0.25, -0.2) is 9.18 Å². The van der Waals surface area contributed by atoms with Gasteiger partial charge in [-0.3, -0.25) is 13.9 Å². The van der Waals surface area contributed by atoms with E-state index in [1.165, 1.54) is 6.07 Å². The van der Waals surface area contributed by atoms with Crippen LogP contribution in [-0.2, 0) is 30.8 Å². The van der Waals surface area contributed by atoms with Gasteiger partial charge >= 0.3 is 5.69 Å². The number of hydrogen-bond donors (Lipinski definition) is 1. The lowest BCUT2D eigenvalue weighted by Crippen LogP contribution is -2.26. The highest BCUT2D eigenvalue weighted by Gasteiger charge is 2.18. The van der Waals surface area contributed by atoms with Crippen molar-refractivity contribution < 1.29 is 9.18 Å². The van der Waals surface area contributed by atoms with Crippen molar-refractivity contribution in [3.8, 4) is 11.4 Å². The van der Waals surface area contributed by atoms with Crippen LogP contribution < -0.4 is 11.0 Å². The van der Waals surface area contributed by atoms with Crippen molar-refractivity contribution in [1.82, 2.24) is 23.9 Å². The molecule has 0 spiro atoms. The number of fused-ring (bicyclic) bond motifs is 2. The Morgan fingerprint density at radius 1 is 1.03 bits per heavy atom. The number of aryl methyl sites for hydroxylation is 3. The average Bonchev–Trinajstić information content (AvgIpc) is 3.27. The molecule has 1 amide bonds. The van der Waals surface area contributed by atoms with E-state index in [1.807, 2.05) is 31.2 Å². The van der Waals surface area contributed by atoms with Crippen LogP contribution in [0, 0.1) is 5.82 Å². The van der Waals surface area contributed by atoms with Gasteiger partial charge in [0.25, 0.3) is 0 Å². The fraction of sp³-hybridized carbons (Fsp3) is 0.385. The van der Waals surface area contributed by atoms with Crippen LogP contribution >= 0.6 is 0 Å². The van der Waals surface area contributed by atoms with Crippen molar-refractivity contribution in [2.45, 2.75) is 65.1 Å². The second-order valence-electron chi connectivity index (χ2n) is 8.97. The molecule has 8 nitrogen and oxygen atoms in total. The van der Waals surface area contributed by atoms with Crippen molar-refractivity contribution in [2.24, 2.45) is 0 Å². The number of para-hydroxylation sites is 2. The lowest BCUT2D eigenvalue weighted by Gasteiger charge is -2.11. The number of aromatic nitrogens is 5. The van der Waals surface area contributed by atoms with Crippen LogP contribution in [0.1, 0.15) is 44.9 Å². The lowest BCUT2D eigenvalue weighted by molar-refractivity contribution is -0.116. The summed E-state index contributed by atoms with van der Waals surface area (Å²) in [5.74, 6) is 0.752. The van der Waals surface area contributed by atoms with Crippen LogP contribution in [0.25, 0.3) is 22.4 Å². The number of imidazole rings is 1. The van der Waals surface area contributed by atoms with Crippen molar-refractivity contribution in [1.29, 1.82) is 0 Å². The van der Waals surface area contributed by atoms with Gasteiger partial charge in [-0.15, -0.1) is 10.2 Å². The van der Waals surface area contributed by atoms with Crippen LogP contribution in [0.4, 0.5) is 10.1 Å². The van der Waals surface area contributed by atoms with Crippen LogP contribution in [0.3, 0.4) is 0 Å². The molecule has 1 aliphatic heterocycles. The predicted octanol–water partition coefficient (Wildman–Crippen LogP) is 4.37. The molecule has 2 aromatic heterocycles. The van der Waals surface area contributed by atoms with Crippen LogP contribution in [-0.4, -0.2) is 29.8 Å². The zero-order valence-corrected chi connectivity index (χ0v) is 19.8. The highest BCUT2D eigenvalue weighted by molar-refractivity contribution is 5.91. The van der Waals surface area contributed by atoms with E-state index >= 15 is 0 Å². The van der Waals surface area contributed by atoms with Crippen molar-refractivity contribution in [3.63, 3.8) is 0 Å².